The predicted octanol–water partition coefficient (Wildman–Crippen LogP) is 4.04. The van der Waals surface area contributed by atoms with Gasteiger partial charge in [-0.25, -0.2) is 8.78 Å². The molecular weight excluding hydrogens is 194 g/mol. The molecule has 0 nitrogen and oxygen atoms in total. The molecule has 0 saturated heterocycles. The highest BCUT2D eigenvalue weighted by molar-refractivity contribution is 5.15. The zero-order chi connectivity index (χ0) is 10.9. The molecular formula is C13H20F2. The van der Waals surface area contributed by atoms with Gasteiger partial charge in [-0.15, -0.1) is 0 Å². The van der Waals surface area contributed by atoms with E-state index in [1.807, 2.05) is 0 Å². The molecule has 2 atom stereocenters. The van der Waals surface area contributed by atoms with E-state index in [-0.39, 0.29) is 11.8 Å². The van der Waals surface area contributed by atoms with Crippen molar-refractivity contribution in [3.8, 4) is 0 Å². The van der Waals surface area contributed by atoms with E-state index >= 15 is 0 Å². The fourth-order valence-electron chi connectivity index (χ4n) is 4.92. The number of hydrogen-bond acceptors (Lipinski definition) is 0. The Bertz CT molecular complexity index is 279. The summed E-state index contributed by atoms with van der Waals surface area (Å²) in [6, 6.07) is 0. The summed E-state index contributed by atoms with van der Waals surface area (Å²) in [5, 5.41) is 0. The lowest BCUT2D eigenvalue weighted by atomic mass is 9.45. The maximum Gasteiger partial charge on any atom is 0.115 e. The van der Waals surface area contributed by atoms with E-state index in [1.54, 1.807) is 0 Å². The maximum atomic E-state index is 14.5. The first-order chi connectivity index (χ1) is 6.85. The molecule has 0 aromatic carbocycles. The first kappa shape index (κ1) is 10.0. The van der Waals surface area contributed by atoms with Crippen molar-refractivity contribution in [2.75, 3.05) is 0 Å². The molecule has 4 bridgehead atoms. The fraction of sp³-hybridized carbons (Fsp3) is 1.00. The van der Waals surface area contributed by atoms with Crippen molar-refractivity contribution in [1.29, 1.82) is 0 Å². The highest BCUT2D eigenvalue weighted by atomic mass is 19.2. The molecule has 0 radical (unpaired) electrons. The zero-order valence-corrected chi connectivity index (χ0v) is 9.65. The Balaban J connectivity index is 2.02. The molecule has 2 unspecified atom stereocenters. The zero-order valence-electron chi connectivity index (χ0n) is 9.65. The normalized spacial score (nSPS) is 57.8. The molecule has 86 valence electrons. The lowest BCUT2D eigenvalue weighted by Gasteiger charge is -2.62. The van der Waals surface area contributed by atoms with Crippen molar-refractivity contribution in [2.24, 2.45) is 17.3 Å². The monoisotopic (exact) mass is 214 g/mol. The van der Waals surface area contributed by atoms with Crippen LogP contribution in [0.4, 0.5) is 8.78 Å². The minimum atomic E-state index is -1.17. The summed E-state index contributed by atoms with van der Waals surface area (Å²) in [4.78, 5) is 0. The van der Waals surface area contributed by atoms with Gasteiger partial charge in [-0.1, -0.05) is 13.8 Å². The highest BCUT2D eigenvalue weighted by Gasteiger charge is 2.65. The smallest absolute Gasteiger partial charge is 0.115 e. The van der Waals surface area contributed by atoms with Gasteiger partial charge in [0.05, 0.1) is 0 Å². The fourth-order valence-corrected chi connectivity index (χ4v) is 4.92. The van der Waals surface area contributed by atoms with Crippen LogP contribution in [0.1, 0.15) is 52.4 Å². The van der Waals surface area contributed by atoms with E-state index in [4.69, 9.17) is 0 Å². The van der Waals surface area contributed by atoms with Gasteiger partial charge in [-0.2, -0.15) is 0 Å². The third kappa shape index (κ3) is 1.29. The lowest BCUT2D eigenvalue weighted by Crippen LogP contribution is -2.61. The molecule has 15 heavy (non-hydrogen) atoms. The topological polar surface area (TPSA) is 0 Å². The van der Waals surface area contributed by atoms with E-state index < -0.39 is 11.3 Å². The summed E-state index contributed by atoms with van der Waals surface area (Å²) >= 11 is 0. The summed E-state index contributed by atoms with van der Waals surface area (Å²) < 4.78 is 29.0. The minimum Gasteiger partial charge on any atom is -0.244 e. The van der Waals surface area contributed by atoms with Crippen LogP contribution in [-0.4, -0.2) is 11.3 Å². The summed E-state index contributed by atoms with van der Waals surface area (Å²) in [6.45, 7) is 4.28. The molecule has 4 saturated carbocycles. The van der Waals surface area contributed by atoms with E-state index in [9.17, 15) is 8.78 Å². The first-order valence-corrected chi connectivity index (χ1v) is 6.23. The van der Waals surface area contributed by atoms with Gasteiger partial charge in [0.25, 0.3) is 0 Å². The van der Waals surface area contributed by atoms with Crippen LogP contribution >= 0.6 is 0 Å². The van der Waals surface area contributed by atoms with Gasteiger partial charge in [0.2, 0.25) is 0 Å². The van der Waals surface area contributed by atoms with Gasteiger partial charge in [-0.05, 0) is 49.4 Å². The summed E-state index contributed by atoms with van der Waals surface area (Å²) in [6.07, 6.45) is 3.77. The third-order valence-corrected chi connectivity index (χ3v) is 5.20. The molecule has 2 heteroatoms. The maximum absolute atomic E-state index is 14.5. The van der Waals surface area contributed by atoms with Crippen LogP contribution in [0.3, 0.4) is 0 Å². The Morgan fingerprint density at radius 3 is 1.87 bits per heavy atom. The molecule has 0 aliphatic heterocycles. The lowest BCUT2D eigenvalue weighted by molar-refractivity contribution is -0.188. The summed E-state index contributed by atoms with van der Waals surface area (Å²) in [7, 11) is 0. The van der Waals surface area contributed by atoms with Crippen molar-refractivity contribution in [1.82, 2.24) is 0 Å². The van der Waals surface area contributed by atoms with Crippen LogP contribution in [0.2, 0.25) is 0 Å². The van der Waals surface area contributed by atoms with Crippen LogP contribution < -0.4 is 0 Å². The average Bonchev–Trinajstić information content (AvgIpc) is 1.95. The SMILES string of the molecule is CC(C)C12CC3CC(F)(CC(F)(C3)C1)C2. The van der Waals surface area contributed by atoms with Crippen molar-refractivity contribution < 1.29 is 8.78 Å². The Kier molecular flexibility index (Phi) is 1.72. The molecule has 4 aliphatic rings. The number of alkyl halides is 2. The second-order valence-corrected chi connectivity index (χ2v) is 6.83. The molecule has 4 fully saturated rings. The Morgan fingerprint density at radius 1 is 0.933 bits per heavy atom. The minimum absolute atomic E-state index is 0.0249. The van der Waals surface area contributed by atoms with E-state index in [1.165, 1.54) is 0 Å². The quantitative estimate of drug-likeness (QED) is 0.618. The molecule has 4 aliphatic carbocycles. The van der Waals surface area contributed by atoms with E-state index in [2.05, 4.69) is 13.8 Å². The second-order valence-electron chi connectivity index (χ2n) is 6.83. The van der Waals surface area contributed by atoms with Gasteiger partial charge < -0.3 is 0 Å². The Morgan fingerprint density at radius 2 is 1.47 bits per heavy atom. The van der Waals surface area contributed by atoms with Gasteiger partial charge in [0.15, 0.2) is 0 Å². The van der Waals surface area contributed by atoms with Crippen molar-refractivity contribution in [3.63, 3.8) is 0 Å². The molecule has 0 heterocycles. The first-order valence-electron chi connectivity index (χ1n) is 6.23. The van der Waals surface area contributed by atoms with Gasteiger partial charge in [-0.3, -0.25) is 0 Å². The van der Waals surface area contributed by atoms with Gasteiger partial charge in [0.1, 0.15) is 11.3 Å². The van der Waals surface area contributed by atoms with Gasteiger partial charge >= 0.3 is 0 Å². The standard InChI is InChI=1S/C13H20F2/c1-9(2)11-3-10-4-12(14,6-11)8-13(15,5-10)7-11/h9-10H,3-8H2,1-2H3. The third-order valence-electron chi connectivity index (χ3n) is 5.20. The van der Waals surface area contributed by atoms with Crippen LogP contribution in [0.15, 0.2) is 0 Å². The Labute approximate surface area is 90.4 Å². The summed E-state index contributed by atoms with van der Waals surface area (Å²) in [5.74, 6) is 0.741. The molecule has 0 spiro atoms. The van der Waals surface area contributed by atoms with Crippen LogP contribution in [0.25, 0.3) is 0 Å². The van der Waals surface area contributed by atoms with E-state index in [0.29, 0.717) is 37.5 Å². The largest absolute Gasteiger partial charge is 0.244 e. The molecule has 0 aromatic rings. The molecule has 4 rings (SSSR count). The van der Waals surface area contributed by atoms with Crippen molar-refractivity contribution in [2.45, 2.75) is 63.7 Å². The highest BCUT2D eigenvalue weighted by Crippen LogP contribution is 2.67. The van der Waals surface area contributed by atoms with Crippen molar-refractivity contribution >= 4 is 0 Å². The average molecular weight is 214 g/mol. The number of hydrogen-bond donors (Lipinski definition) is 0. The summed E-state index contributed by atoms with van der Waals surface area (Å²) in [5.41, 5.74) is -2.36. The second kappa shape index (κ2) is 2.57. The van der Waals surface area contributed by atoms with Crippen LogP contribution in [0.5, 0.6) is 0 Å². The predicted molar refractivity (Wildman–Crippen MR) is 56.1 cm³/mol. The van der Waals surface area contributed by atoms with Crippen molar-refractivity contribution in [3.05, 3.63) is 0 Å². The van der Waals surface area contributed by atoms with Crippen LogP contribution in [0, 0.1) is 17.3 Å². The molecule has 0 amide bonds. The molecule has 0 aromatic heterocycles. The number of halogens is 2. The Hall–Kier alpha value is -0.140. The van der Waals surface area contributed by atoms with Crippen LogP contribution in [-0.2, 0) is 0 Å². The van der Waals surface area contributed by atoms with E-state index in [0.717, 1.165) is 6.42 Å². The number of rotatable bonds is 1. The van der Waals surface area contributed by atoms with Gasteiger partial charge in [0, 0.05) is 6.42 Å². The molecule has 0 N–H and O–H groups in total.